The first-order valence-electron chi connectivity index (χ1n) is 11.9. The van der Waals surface area contributed by atoms with E-state index in [9.17, 15) is 30.8 Å². The lowest BCUT2D eigenvalue weighted by molar-refractivity contribution is -0.137. The van der Waals surface area contributed by atoms with Crippen LogP contribution in [0.15, 0.2) is 67.0 Å². The molecule has 0 unspecified atom stereocenters. The fourth-order valence-electron chi connectivity index (χ4n) is 4.00. The van der Waals surface area contributed by atoms with Gasteiger partial charge in [0, 0.05) is 36.6 Å². The average Bonchev–Trinajstić information content (AvgIpc) is 3.23. The lowest BCUT2D eigenvalue weighted by Crippen LogP contribution is -2.13. The quantitative estimate of drug-likeness (QED) is 0.222. The third kappa shape index (κ3) is 7.98. The van der Waals surface area contributed by atoms with E-state index in [1.165, 1.54) is 24.4 Å². The SMILES string of the molecule is Cn1cc(C(=O)Nc2cc(Cl)cc(NS(C)(=O)=O)c2)cc1-c1ncccc1OCCc1cc(F)cc(C(F)(F)F)c1. The van der Waals surface area contributed by atoms with Crippen LogP contribution >= 0.6 is 11.6 Å². The highest BCUT2D eigenvalue weighted by molar-refractivity contribution is 7.92. The summed E-state index contributed by atoms with van der Waals surface area (Å²) in [4.78, 5) is 17.3. The summed E-state index contributed by atoms with van der Waals surface area (Å²) < 4.78 is 85.6. The molecule has 0 bridgehead atoms. The van der Waals surface area contributed by atoms with E-state index in [1.807, 2.05) is 0 Å². The Morgan fingerprint density at radius 1 is 1.10 bits per heavy atom. The molecule has 216 valence electrons. The molecule has 1 amide bonds. The maximum absolute atomic E-state index is 13.7. The summed E-state index contributed by atoms with van der Waals surface area (Å²) in [6.07, 6.45) is -0.620. The van der Waals surface area contributed by atoms with Crippen LogP contribution in [0.2, 0.25) is 5.02 Å². The molecular weight excluding hydrogens is 588 g/mol. The number of hydrogen-bond donors (Lipinski definition) is 2. The number of nitrogens with one attached hydrogen (secondary N) is 2. The van der Waals surface area contributed by atoms with Gasteiger partial charge in [0.15, 0.2) is 0 Å². The zero-order valence-electron chi connectivity index (χ0n) is 21.6. The van der Waals surface area contributed by atoms with Gasteiger partial charge in [-0.2, -0.15) is 13.2 Å². The van der Waals surface area contributed by atoms with Crippen molar-refractivity contribution in [3.05, 3.63) is 94.5 Å². The van der Waals surface area contributed by atoms with Gasteiger partial charge in [0.1, 0.15) is 17.3 Å². The lowest BCUT2D eigenvalue weighted by Gasteiger charge is -2.12. The Morgan fingerprint density at radius 2 is 1.83 bits per heavy atom. The van der Waals surface area contributed by atoms with Gasteiger partial charge in [-0.05, 0) is 60.2 Å². The van der Waals surface area contributed by atoms with Gasteiger partial charge in [0.2, 0.25) is 10.0 Å². The van der Waals surface area contributed by atoms with Crippen LogP contribution in [0.1, 0.15) is 21.5 Å². The van der Waals surface area contributed by atoms with Crippen molar-refractivity contribution in [2.45, 2.75) is 12.6 Å². The summed E-state index contributed by atoms with van der Waals surface area (Å²) in [7, 11) is -1.88. The van der Waals surface area contributed by atoms with Crippen LogP contribution in [-0.4, -0.2) is 36.7 Å². The van der Waals surface area contributed by atoms with Crippen molar-refractivity contribution < 1.29 is 35.5 Å². The Bertz CT molecular complexity index is 1710. The standard InChI is InChI=1S/C27H23ClF4N4O4S/c1-36-15-17(26(37)34-21-12-19(28)13-22(14-21)35-41(2,38)39)10-23(36)25-24(4-3-6-33-25)40-7-5-16-8-18(27(30,31)32)11-20(29)9-16/h3-4,6,8-15,35H,5,7H2,1-2H3,(H,34,37). The second kappa shape index (κ2) is 11.8. The number of carbonyl (C=O) groups is 1. The zero-order chi connectivity index (χ0) is 29.9. The fourth-order valence-corrected chi connectivity index (χ4v) is 4.78. The number of nitrogens with zero attached hydrogens (tertiary/aromatic N) is 2. The van der Waals surface area contributed by atoms with E-state index >= 15 is 0 Å². The minimum atomic E-state index is -4.67. The first kappa shape index (κ1) is 29.9. The normalized spacial score (nSPS) is 11.8. The molecule has 0 fully saturated rings. The molecular formula is C27H23ClF4N4O4S. The number of alkyl halides is 3. The third-order valence-corrected chi connectivity index (χ3v) is 6.50. The largest absolute Gasteiger partial charge is 0.491 e. The Labute approximate surface area is 238 Å². The van der Waals surface area contributed by atoms with E-state index in [0.717, 1.165) is 18.4 Å². The molecule has 2 aromatic heterocycles. The number of hydrogen-bond acceptors (Lipinski definition) is 5. The van der Waals surface area contributed by atoms with Gasteiger partial charge < -0.3 is 14.6 Å². The van der Waals surface area contributed by atoms with Crippen molar-refractivity contribution in [2.24, 2.45) is 7.05 Å². The second-order valence-electron chi connectivity index (χ2n) is 9.08. The molecule has 0 aliphatic carbocycles. The Morgan fingerprint density at radius 3 is 2.54 bits per heavy atom. The number of aromatic nitrogens is 2. The summed E-state index contributed by atoms with van der Waals surface area (Å²) in [5, 5.41) is 2.87. The summed E-state index contributed by atoms with van der Waals surface area (Å²) >= 11 is 6.07. The van der Waals surface area contributed by atoms with Crippen LogP contribution in [0.3, 0.4) is 0 Å². The van der Waals surface area contributed by atoms with Crippen LogP contribution in [0.25, 0.3) is 11.4 Å². The minimum Gasteiger partial charge on any atom is -0.491 e. The molecule has 0 aliphatic heterocycles. The first-order chi connectivity index (χ1) is 19.2. The van der Waals surface area contributed by atoms with Crippen LogP contribution in [0.4, 0.5) is 28.9 Å². The van der Waals surface area contributed by atoms with E-state index in [-0.39, 0.29) is 40.6 Å². The number of rotatable bonds is 9. The molecule has 0 saturated heterocycles. The van der Waals surface area contributed by atoms with Crippen LogP contribution in [0, 0.1) is 5.82 Å². The molecule has 4 aromatic rings. The number of halogens is 5. The number of anilines is 2. The Hall–Kier alpha value is -4.10. The van der Waals surface area contributed by atoms with Crippen LogP contribution in [-0.2, 0) is 29.7 Å². The molecule has 4 rings (SSSR count). The molecule has 0 saturated carbocycles. The molecule has 0 radical (unpaired) electrons. The van der Waals surface area contributed by atoms with Gasteiger partial charge in [0.05, 0.1) is 35.4 Å². The highest BCUT2D eigenvalue weighted by atomic mass is 35.5. The van der Waals surface area contributed by atoms with Gasteiger partial charge in [0.25, 0.3) is 5.91 Å². The van der Waals surface area contributed by atoms with Crippen molar-refractivity contribution in [1.82, 2.24) is 9.55 Å². The molecule has 0 spiro atoms. The van der Waals surface area contributed by atoms with Crippen molar-refractivity contribution in [3.63, 3.8) is 0 Å². The van der Waals surface area contributed by atoms with Gasteiger partial charge in [-0.3, -0.25) is 14.5 Å². The highest BCUT2D eigenvalue weighted by Gasteiger charge is 2.31. The number of carbonyl (C=O) groups excluding carboxylic acids is 1. The van der Waals surface area contributed by atoms with Crippen molar-refractivity contribution in [1.29, 1.82) is 0 Å². The smallest absolute Gasteiger partial charge is 0.416 e. The van der Waals surface area contributed by atoms with Crippen molar-refractivity contribution in [3.8, 4) is 17.1 Å². The van der Waals surface area contributed by atoms with Gasteiger partial charge >= 0.3 is 6.18 Å². The number of amides is 1. The van der Waals surface area contributed by atoms with Gasteiger partial charge in [-0.1, -0.05) is 11.6 Å². The van der Waals surface area contributed by atoms with Crippen molar-refractivity contribution in [2.75, 3.05) is 22.9 Å². The van der Waals surface area contributed by atoms with Crippen molar-refractivity contribution >= 4 is 38.9 Å². The third-order valence-electron chi connectivity index (χ3n) is 5.67. The van der Waals surface area contributed by atoms with E-state index in [1.54, 1.807) is 36.0 Å². The predicted octanol–water partition coefficient (Wildman–Crippen LogP) is 6.14. The molecule has 14 heteroatoms. The minimum absolute atomic E-state index is 0.00573. The van der Waals surface area contributed by atoms with E-state index in [0.29, 0.717) is 23.2 Å². The van der Waals surface area contributed by atoms with E-state index in [4.69, 9.17) is 16.3 Å². The zero-order valence-corrected chi connectivity index (χ0v) is 23.2. The summed E-state index contributed by atoms with van der Waals surface area (Å²) in [6.45, 7) is -0.0597. The molecule has 41 heavy (non-hydrogen) atoms. The summed E-state index contributed by atoms with van der Waals surface area (Å²) in [5.74, 6) is -1.20. The second-order valence-corrected chi connectivity index (χ2v) is 11.3. The first-order valence-corrected chi connectivity index (χ1v) is 14.2. The number of pyridine rings is 1. The molecule has 0 aliphatic rings. The average molecular weight is 611 g/mol. The van der Waals surface area contributed by atoms with Gasteiger partial charge in [-0.15, -0.1) is 0 Å². The molecule has 2 aromatic carbocycles. The van der Waals surface area contributed by atoms with Crippen LogP contribution < -0.4 is 14.8 Å². The van der Waals surface area contributed by atoms with Gasteiger partial charge in [-0.25, -0.2) is 12.8 Å². The molecule has 2 N–H and O–H groups in total. The fraction of sp³-hybridized carbons (Fsp3) is 0.185. The monoisotopic (exact) mass is 610 g/mol. The Balaban J connectivity index is 1.50. The van der Waals surface area contributed by atoms with E-state index < -0.39 is 33.5 Å². The molecule has 0 atom stereocenters. The van der Waals surface area contributed by atoms with E-state index in [2.05, 4.69) is 15.0 Å². The lowest BCUT2D eigenvalue weighted by atomic mass is 10.1. The Kier molecular flexibility index (Phi) is 8.59. The van der Waals surface area contributed by atoms with Crippen LogP contribution in [0.5, 0.6) is 5.75 Å². The summed E-state index contributed by atoms with van der Waals surface area (Å²) in [6, 6.07) is 11.4. The maximum Gasteiger partial charge on any atom is 0.416 e. The maximum atomic E-state index is 13.7. The molecule has 8 nitrogen and oxygen atoms in total. The predicted molar refractivity (Wildman–Crippen MR) is 147 cm³/mol. The number of aryl methyl sites for hydroxylation is 1. The summed E-state index contributed by atoms with van der Waals surface area (Å²) in [5.41, 5.74) is 0.588. The highest BCUT2D eigenvalue weighted by Crippen LogP contribution is 2.32. The number of ether oxygens (including phenoxy) is 1. The number of benzene rings is 2. The number of sulfonamides is 1. The topological polar surface area (TPSA) is 102 Å². The molecule has 2 heterocycles.